The second-order valence-corrected chi connectivity index (χ2v) is 2.18. The third kappa shape index (κ3) is 1.46. The molecule has 0 aromatic rings. The number of carbonyl (C=O) groups excluding carboxylic acids is 2. The molecule has 0 aliphatic carbocycles. The van der Waals surface area contributed by atoms with Gasteiger partial charge in [-0.25, -0.2) is 0 Å². The van der Waals surface area contributed by atoms with Crippen LogP contribution in [0.15, 0.2) is 0 Å². The number of esters is 1. The summed E-state index contributed by atoms with van der Waals surface area (Å²) in [6.07, 6.45) is 0.0517. The normalized spacial score (nSPS) is 24.1. The molecule has 1 aliphatic rings. The maximum absolute atomic E-state index is 10.7. The largest absolute Gasteiger partial charge is 0.452 e. The van der Waals surface area contributed by atoms with E-state index in [1.54, 1.807) is 0 Å². The molecule has 0 unspecified atom stereocenters. The van der Waals surface area contributed by atoms with E-state index in [9.17, 15) is 9.59 Å². The lowest BCUT2D eigenvalue weighted by atomic mass is 10.3. The summed E-state index contributed by atoms with van der Waals surface area (Å²) in [5.74, 6) is -0.586. The van der Waals surface area contributed by atoms with Crippen molar-refractivity contribution in [2.75, 3.05) is 6.54 Å². The van der Waals surface area contributed by atoms with Crippen LogP contribution < -0.4 is 5.32 Å². The Morgan fingerprint density at radius 1 is 1.80 bits per heavy atom. The Kier molecular flexibility index (Phi) is 1.89. The minimum Gasteiger partial charge on any atom is -0.452 e. The van der Waals surface area contributed by atoms with Gasteiger partial charge in [-0.3, -0.25) is 9.59 Å². The lowest BCUT2D eigenvalue weighted by Crippen LogP contribution is -2.26. The van der Waals surface area contributed by atoms with E-state index in [2.05, 4.69) is 10.1 Å². The third-order valence-corrected chi connectivity index (χ3v) is 1.31. The molecule has 0 aromatic heterocycles. The van der Waals surface area contributed by atoms with Crippen LogP contribution in [0.25, 0.3) is 0 Å². The smallest absolute Gasteiger partial charge is 0.303 e. The molecule has 0 aromatic carbocycles. The molecule has 0 bridgehead atoms. The fourth-order valence-electron chi connectivity index (χ4n) is 0.884. The fourth-order valence-corrected chi connectivity index (χ4v) is 0.884. The second-order valence-electron chi connectivity index (χ2n) is 2.18. The van der Waals surface area contributed by atoms with Crippen LogP contribution in [-0.2, 0) is 14.3 Å². The van der Waals surface area contributed by atoms with E-state index in [0.717, 1.165) is 0 Å². The van der Waals surface area contributed by atoms with Crippen LogP contribution in [0.3, 0.4) is 0 Å². The number of amides is 1. The van der Waals surface area contributed by atoms with Crippen LogP contribution >= 0.6 is 0 Å². The number of hydrogen-bond acceptors (Lipinski definition) is 3. The second kappa shape index (κ2) is 2.68. The van der Waals surface area contributed by atoms with Gasteiger partial charge < -0.3 is 10.1 Å². The van der Waals surface area contributed by atoms with Crippen molar-refractivity contribution < 1.29 is 14.3 Å². The van der Waals surface area contributed by atoms with Crippen LogP contribution in [0.4, 0.5) is 0 Å². The van der Waals surface area contributed by atoms with Crippen LogP contribution in [0.1, 0.15) is 13.3 Å². The molecule has 56 valence electrons. The minimum absolute atomic E-state index is 0.185. The predicted octanol–water partition coefficient (Wildman–Crippen LogP) is -0.562. The molecule has 10 heavy (non-hydrogen) atoms. The summed E-state index contributed by atoms with van der Waals surface area (Å²) in [6.45, 7) is 1.91. The molecule has 0 radical (unpaired) electrons. The number of carbonyl (C=O) groups is 2. The first-order valence-electron chi connectivity index (χ1n) is 3.15. The van der Waals surface area contributed by atoms with Crippen LogP contribution in [-0.4, -0.2) is 24.5 Å². The maximum Gasteiger partial charge on any atom is 0.303 e. The molecule has 0 saturated carbocycles. The van der Waals surface area contributed by atoms with E-state index in [1.165, 1.54) is 6.92 Å². The molecule has 1 atom stereocenters. The summed E-state index contributed by atoms with van der Waals surface area (Å²) in [4.78, 5) is 21.1. The summed E-state index contributed by atoms with van der Waals surface area (Å²) in [5.41, 5.74) is 0. The van der Waals surface area contributed by atoms with E-state index in [1.807, 2.05) is 0 Å². The summed E-state index contributed by atoms with van der Waals surface area (Å²) in [5, 5.41) is 2.56. The Balaban J connectivity index is 2.40. The van der Waals surface area contributed by atoms with Crippen LogP contribution in [0, 0.1) is 0 Å². The average Bonchev–Trinajstić information content (AvgIpc) is 2.15. The van der Waals surface area contributed by atoms with Gasteiger partial charge in [-0.05, 0) is 0 Å². The van der Waals surface area contributed by atoms with Crippen molar-refractivity contribution in [3.05, 3.63) is 0 Å². The average molecular weight is 143 g/mol. The number of rotatable bonds is 1. The van der Waals surface area contributed by atoms with Gasteiger partial charge in [0.2, 0.25) is 0 Å². The van der Waals surface area contributed by atoms with E-state index in [-0.39, 0.29) is 5.91 Å². The molecule has 0 spiro atoms. The Labute approximate surface area is 58.5 Å². The van der Waals surface area contributed by atoms with Crippen molar-refractivity contribution in [1.82, 2.24) is 5.32 Å². The van der Waals surface area contributed by atoms with E-state index < -0.39 is 12.1 Å². The quantitative estimate of drug-likeness (QED) is 0.500. The van der Waals surface area contributed by atoms with Crippen LogP contribution in [0.2, 0.25) is 0 Å². The van der Waals surface area contributed by atoms with Crippen LogP contribution in [0.5, 0.6) is 0 Å². The molecule has 1 rings (SSSR count). The van der Waals surface area contributed by atoms with Gasteiger partial charge in [-0.15, -0.1) is 0 Å². The highest BCUT2D eigenvalue weighted by atomic mass is 16.5. The summed E-state index contributed by atoms with van der Waals surface area (Å²) in [6, 6.07) is 0. The molecule has 1 saturated heterocycles. The topological polar surface area (TPSA) is 55.4 Å². The molecular weight excluding hydrogens is 134 g/mol. The van der Waals surface area contributed by atoms with Gasteiger partial charge in [0, 0.05) is 19.9 Å². The highest BCUT2D eigenvalue weighted by Gasteiger charge is 2.26. The molecular formula is C6H9NO3. The van der Waals surface area contributed by atoms with Gasteiger partial charge in [0.05, 0.1) is 0 Å². The summed E-state index contributed by atoms with van der Waals surface area (Å²) in [7, 11) is 0. The molecule has 1 amide bonds. The molecule has 1 heterocycles. The SMILES string of the molecule is CC(=O)O[C@@H]1CCNC1=O. The Morgan fingerprint density at radius 2 is 2.50 bits per heavy atom. The molecule has 1 N–H and O–H groups in total. The Morgan fingerprint density at radius 3 is 2.90 bits per heavy atom. The van der Waals surface area contributed by atoms with Crippen molar-refractivity contribution in [2.45, 2.75) is 19.4 Å². The summed E-state index contributed by atoms with van der Waals surface area (Å²) < 4.78 is 4.67. The van der Waals surface area contributed by atoms with E-state index >= 15 is 0 Å². The lowest BCUT2D eigenvalue weighted by Gasteiger charge is -2.04. The number of nitrogens with one attached hydrogen (secondary N) is 1. The van der Waals surface area contributed by atoms with Gasteiger partial charge in [-0.1, -0.05) is 0 Å². The Hall–Kier alpha value is -1.06. The highest BCUT2D eigenvalue weighted by molar-refractivity contribution is 5.85. The monoisotopic (exact) mass is 143 g/mol. The van der Waals surface area contributed by atoms with Gasteiger partial charge in [0.25, 0.3) is 5.91 Å². The molecule has 1 aliphatic heterocycles. The third-order valence-electron chi connectivity index (χ3n) is 1.31. The van der Waals surface area contributed by atoms with Gasteiger partial charge in [0.1, 0.15) is 0 Å². The standard InChI is InChI=1S/C6H9NO3/c1-4(8)10-5-2-3-7-6(5)9/h5H,2-3H2,1H3,(H,7,9)/t5-/m1/s1. The zero-order chi connectivity index (χ0) is 7.56. The number of hydrogen-bond donors (Lipinski definition) is 1. The first kappa shape index (κ1) is 7.05. The predicted molar refractivity (Wildman–Crippen MR) is 33.2 cm³/mol. The zero-order valence-corrected chi connectivity index (χ0v) is 5.72. The van der Waals surface area contributed by atoms with Crippen molar-refractivity contribution in [2.24, 2.45) is 0 Å². The van der Waals surface area contributed by atoms with Gasteiger partial charge >= 0.3 is 5.97 Å². The van der Waals surface area contributed by atoms with E-state index in [0.29, 0.717) is 13.0 Å². The number of ether oxygens (including phenoxy) is 1. The molecule has 4 heteroatoms. The van der Waals surface area contributed by atoms with E-state index in [4.69, 9.17) is 0 Å². The lowest BCUT2D eigenvalue weighted by molar-refractivity contribution is -0.151. The molecule has 4 nitrogen and oxygen atoms in total. The highest BCUT2D eigenvalue weighted by Crippen LogP contribution is 2.04. The first-order valence-corrected chi connectivity index (χ1v) is 3.15. The van der Waals surface area contributed by atoms with Gasteiger partial charge in [0.15, 0.2) is 6.10 Å². The van der Waals surface area contributed by atoms with Crippen molar-refractivity contribution in [3.63, 3.8) is 0 Å². The van der Waals surface area contributed by atoms with Crippen molar-refractivity contribution in [1.29, 1.82) is 0 Å². The molecule has 1 fully saturated rings. The Bertz CT molecular complexity index is 166. The van der Waals surface area contributed by atoms with Gasteiger partial charge in [-0.2, -0.15) is 0 Å². The van der Waals surface area contributed by atoms with Crippen molar-refractivity contribution in [3.8, 4) is 0 Å². The first-order chi connectivity index (χ1) is 4.70. The fraction of sp³-hybridized carbons (Fsp3) is 0.667. The summed E-state index contributed by atoms with van der Waals surface area (Å²) >= 11 is 0. The van der Waals surface area contributed by atoms with Crippen molar-refractivity contribution >= 4 is 11.9 Å². The zero-order valence-electron chi connectivity index (χ0n) is 5.72. The maximum atomic E-state index is 10.7. The minimum atomic E-state index is -0.544.